The summed E-state index contributed by atoms with van der Waals surface area (Å²) in [7, 11) is 0. The van der Waals surface area contributed by atoms with Gasteiger partial charge in [-0.2, -0.15) is 0 Å². The van der Waals surface area contributed by atoms with E-state index in [4.69, 9.17) is 5.73 Å². The van der Waals surface area contributed by atoms with Crippen molar-refractivity contribution in [1.29, 1.82) is 0 Å². The summed E-state index contributed by atoms with van der Waals surface area (Å²) in [5, 5.41) is 5.54. The van der Waals surface area contributed by atoms with Gasteiger partial charge >= 0.3 is 0 Å². The van der Waals surface area contributed by atoms with E-state index >= 15 is 0 Å². The van der Waals surface area contributed by atoms with E-state index in [2.05, 4.69) is 20.6 Å². The van der Waals surface area contributed by atoms with Crippen LogP contribution in [-0.2, 0) is 6.54 Å². The number of H-pyrrole nitrogens is 1. The summed E-state index contributed by atoms with van der Waals surface area (Å²) in [5.74, 6) is -0.482. The van der Waals surface area contributed by atoms with Crippen LogP contribution in [0.15, 0.2) is 61.1 Å². The topological polar surface area (TPSA) is 113 Å². The highest BCUT2D eigenvalue weighted by Gasteiger charge is 2.09. The lowest BCUT2D eigenvalue weighted by atomic mass is 10.1. The molecule has 0 aliphatic rings. The SMILES string of the molecule is Nc1ccccc1NC(=O)c1ccc(CNC(=O)c2cnc[nH]2)cc1. The minimum Gasteiger partial charge on any atom is -0.397 e. The van der Waals surface area contributed by atoms with Crippen LogP contribution in [0.3, 0.4) is 0 Å². The van der Waals surface area contributed by atoms with Gasteiger partial charge in [-0.3, -0.25) is 9.59 Å². The zero-order valence-electron chi connectivity index (χ0n) is 13.3. The maximum Gasteiger partial charge on any atom is 0.269 e. The van der Waals surface area contributed by atoms with Gasteiger partial charge in [0.05, 0.1) is 23.9 Å². The van der Waals surface area contributed by atoms with Gasteiger partial charge in [0.25, 0.3) is 11.8 Å². The number of rotatable bonds is 5. The molecule has 0 aliphatic carbocycles. The molecule has 126 valence electrons. The fourth-order valence-electron chi connectivity index (χ4n) is 2.24. The fourth-order valence-corrected chi connectivity index (χ4v) is 2.24. The van der Waals surface area contributed by atoms with Crippen LogP contribution in [0.5, 0.6) is 0 Å². The zero-order chi connectivity index (χ0) is 17.6. The number of carbonyl (C=O) groups excluding carboxylic acids is 2. The number of para-hydroxylation sites is 2. The van der Waals surface area contributed by atoms with Crippen LogP contribution in [0.2, 0.25) is 0 Å². The number of nitrogen functional groups attached to an aromatic ring is 1. The predicted molar refractivity (Wildman–Crippen MR) is 95.0 cm³/mol. The number of aromatic amines is 1. The molecule has 0 saturated carbocycles. The molecule has 0 aliphatic heterocycles. The number of amides is 2. The molecule has 0 bridgehead atoms. The van der Waals surface area contributed by atoms with Crippen LogP contribution in [-0.4, -0.2) is 21.8 Å². The molecule has 0 saturated heterocycles. The minimum absolute atomic E-state index is 0.237. The molecule has 7 nitrogen and oxygen atoms in total. The van der Waals surface area contributed by atoms with Crippen LogP contribution in [0.1, 0.15) is 26.4 Å². The smallest absolute Gasteiger partial charge is 0.269 e. The zero-order valence-corrected chi connectivity index (χ0v) is 13.3. The van der Waals surface area contributed by atoms with E-state index in [1.165, 1.54) is 12.5 Å². The van der Waals surface area contributed by atoms with E-state index in [9.17, 15) is 9.59 Å². The van der Waals surface area contributed by atoms with Crippen LogP contribution in [0, 0.1) is 0 Å². The average molecular weight is 335 g/mol. The second-order valence-corrected chi connectivity index (χ2v) is 5.39. The molecule has 0 fully saturated rings. The molecule has 1 heterocycles. The average Bonchev–Trinajstić information content (AvgIpc) is 3.17. The van der Waals surface area contributed by atoms with Crippen molar-refractivity contribution in [3.8, 4) is 0 Å². The summed E-state index contributed by atoms with van der Waals surface area (Å²) in [6.07, 6.45) is 2.90. The quantitative estimate of drug-likeness (QED) is 0.535. The number of hydrogen-bond donors (Lipinski definition) is 4. The maximum absolute atomic E-state index is 12.3. The molecule has 7 heteroatoms. The van der Waals surface area contributed by atoms with Gasteiger partial charge in [-0.15, -0.1) is 0 Å². The van der Waals surface area contributed by atoms with Crippen LogP contribution < -0.4 is 16.4 Å². The maximum atomic E-state index is 12.3. The van der Waals surface area contributed by atoms with Crippen molar-refractivity contribution < 1.29 is 9.59 Å². The van der Waals surface area contributed by atoms with Crippen LogP contribution in [0.25, 0.3) is 0 Å². The third-order valence-corrected chi connectivity index (χ3v) is 3.62. The Bertz CT molecular complexity index is 873. The van der Waals surface area contributed by atoms with Crippen molar-refractivity contribution in [2.24, 2.45) is 0 Å². The van der Waals surface area contributed by atoms with Crippen molar-refractivity contribution >= 4 is 23.2 Å². The summed E-state index contributed by atoms with van der Waals surface area (Å²) < 4.78 is 0. The second kappa shape index (κ2) is 7.31. The Morgan fingerprint density at radius 3 is 2.48 bits per heavy atom. The molecule has 25 heavy (non-hydrogen) atoms. The van der Waals surface area contributed by atoms with Crippen LogP contribution >= 0.6 is 0 Å². The highest BCUT2D eigenvalue weighted by atomic mass is 16.2. The van der Waals surface area contributed by atoms with Gasteiger partial charge in [-0.25, -0.2) is 4.98 Å². The number of imidazole rings is 1. The number of aromatic nitrogens is 2. The van der Waals surface area contributed by atoms with Crippen molar-refractivity contribution in [1.82, 2.24) is 15.3 Å². The molecule has 0 atom stereocenters. The van der Waals surface area contributed by atoms with E-state index in [-0.39, 0.29) is 11.8 Å². The lowest BCUT2D eigenvalue weighted by molar-refractivity contribution is 0.0945. The number of nitrogens with one attached hydrogen (secondary N) is 3. The Kier molecular flexibility index (Phi) is 4.75. The fraction of sp³-hybridized carbons (Fsp3) is 0.0556. The first kappa shape index (κ1) is 16.3. The Morgan fingerprint density at radius 1 is 1.04 bits per heavy atom. The highest BCUT2D eigenvalue weighted by molar-refractivity contribution is 6.05. The number of carbonyl (C=O) groups is 2. The van der Waals surface area contributed by atoms with E-state index in [0.29, 0.717) is 29.2 Å². The van der Waals surface area contributed by atoms with Crippen LogP contribution in [0.4, 0.5) is 11.4 Å². The molecule has 0 spiro atoms. The lowest BCUT2D eigenvalue weighted by Gasteiger charge is -2.09. The van der Waals surface area contributed by atoms with Gasteiger partial charge in [-0.1, -0.05) is 24.3 Å². The number of hydrogen-bond acceptors (Lipinski definition) is 4. The molecular weight excluding hydrogens is 318 g/mol. The molecule has 2 amide bonds. The predicted octanol–water partition coefficient (Wildman–Crippen LogP) is 2.17. The van der Waals surface area contributed by atoms with E-state index in [1.54, 1.807) is 48.5 Å². The number of nitrogens with two attached hydrogens (primary N) is 1. The molecule has 0 unspecified atom stereocenters. The molecular formula is C18H17N5O2. The monoisotopic (exact) mass is 335 g/mol. The molecule has 2 aromatic carbocycles. The first-order valence-electron chi connectivity index (χ1n) is 7.65. The van der Waals surface area contributed by atoms with Gasteiger partial charge in [0.15, 0.2) is 0 Å². The van der Waals surface area contributed by atoms with E-state index in [0.717, 1.165) is 5.56 Å². The van der Waals surface area contributed by atoms with Gasteiger partial charge in [0, 0.05) is 12.1 Å². The number of anilines is 2. The third-order valence-electron chi connectivity index (χ3n) is 3.62. The second-order valence-electron chi connectivity index (χ2n) is 5.39. The van der Waals surface area contributed by atoms with Gasteiger partial charge in [0.2, 0.25) is 0 Å². The standard InChI is InChI=1S/C18H17N5O2/c19-14-3-1-2-4-15(14)23-17(24)13-7-5-12(6-8-13)9-21-18(25)16-10-20-11-22-16/h1-8,10-11H,9,19H2,(H,20,22)(H,21,25)(H,23,24). The Morgan fingerprint density at radius 2 is 1.80 bits per heavy atom. The van der Waals surface area contributed by atoms with Crippen molar-refractivity contribution in [3.63, 3.8) is 0 Å². The molecule has 3 rings (SSSR count). The normalized spacial score (nSPS) is 10.2. The Hall–Kier alpha value is -3.61. The van der Waals surface area contributed by atoms with Crippen molar-refractivity contribution in [3.05, 3.63) is 77.9 Å². The minimum atomic E-state index is -0.244. The summed E-state index contributed by atoms with van der Waals surface area (Å²) in [6, 6.07) is 14.0. The first-order chi connectivity index (χ1) is 12.1. The van der Waals surface area contributed by atoms with E-state index in [1.807, 2.05) is 0 Å². The van der Waals surface area contributed by atoms with Gasteiger partial charge in [0.1, 0.15) is 5.69 Å². The lowest BCUT2D eigenvalue weighted by Crippen LogP contribution is -2.23. The molecule has 3 aromatic rings. The Labute approximate surface area is 144 Å². The summed E-state index contributed by atoms with van der Waals surface area (Å²) in [5.41, 5.74) is 8.68. The van der Waals surface area contributed by atoms with Crippen molar-refractivity contribution in [2.45, 2.75) is 6.54 Å². The highest BCUT2D eigenvalue weighted by Crippen LogP contribution is 2.18. The number of nitrogens with zero attached hydrogens (tertiary/aromatic N) is 1. The largest absolute Gasteiger partial charge is 0.397 e. The summed E-state index contributed by atoms with van der Waals surface area (Å²) >= 11 is 0. The summed E-state index contributed by atoms with van der Waals surface area (Å²) in [6.45, 7) is 0.353. The first-order valence-corrected chi connectivity index (χ1v) is 7.65. The van der Waals surface area contributed by atoms with E-state index < -0.39 is 0 Å². The van der Waals surface area contributed by atoms with Gasteiger partial charge < -0.3 is 21.4 Å². The summed E-state index contributed by atoms with van der Waals surface area (Å²) in [4.78, 5) is 30.6. The third kappa shape index (κ3) is 4.03. The van der Waals surface area contributed by atoms with Gasteiger partial charge in [-0.05, 0) is 29.8 Å². The Balaban J connectivity index is 1.59. The molecule has 5 N–H and O–H groups in total. The molecule has 0 radical (unpaired) electrons. The molecule has 1 aromatic heterocycles. The number of benzene rings is 2. The van der Waals surface area contributed by atoms with Crippen molar-refractivity contribution in [2.75, 3.05) is 11.1 Å².